The molecule has 1 aromatic heterocycles. The minimum Gasteiger partial charge on any atom is -0.368 e. The average molecular weight is 317 g/mol. The molecule has 22 heavy (non-hydrogen) atoms. The van der Waals surface area contributed by atoms with E-state index in [1.165, 1.54) is 0 Å². The van der Waals surface area contributed by atoms with Crippen LogP contribution < -0.4 is 5.73 Å². The highest BCUT2D eigenvalue weighted by Crippen LogP contribution is 2.39. The van der Waals surface area contributed by atoms with Gasteiger partial charge in [0.1, 0.15) is 11.2 Å². The van der Waals surface area contributed by atoms with Gasteiger partial charge in [0.2, 0.25) is 5.95 Å². The highest BCUT2D eigenvalue weighted by molar-refractivity contribution is 6.24. The first-order valence-electron chi connectivity index (χ1n) is 7.16. The number of nitrogens with two attached hydrogens (primary N) is 1. The number of rotatable bonds is 3. The molecule has 0 fully saturated rings. The van der Waals surface area contributed by atoms with Gasteiger partial charge in [-0.3, -0.25) is 4.79 Å². The van der Waals surface area contributed by atoms with E-state index in [-0.39, 0.29) is 17.9 Å². The molecule has 1 atom stereocenters. The molecular formula is C16H17ClN4O. The molecular weight excluding hydrogens is 300 g/mol. The van der Waals surface area contributed by atoms with Gasteiger partial charge < -0.3 is 10.6 Å². The molecule has 1 aliphatic heterocycles. The minimum atomic E-state index is -0.554. The topological polar surface area (TPSA) is 72.1 Å². The van der Waals surface area contributed by atoms with Gasteiger partial charge in [-0.2, -0.15) is 0 Å². The first kappa shape index (κ1) is 14.8. The fourth-order valence-electron chi connectivity index (χ4n) is 2.73. The van der Waals surface area contributed by atoms with Gasteiger partial charge >= 0.3 is 0 Å². The minimum absolute atomic E-state index is 0.0185. The van der Waals surface area contributed by atoms with Gasteiger partial charge in [0, 0.05) is 18.0 Å². The molecule has 6 heteroatoms. The van der Waals surface area contributed by atoms with Crippen molar-refractivity contribution in [2.45, 2.75) is 31.8 Å². The average Bonchev–Trinajstić information content (AvgIpc) is 2.71. The maximum Gasteiger partial charge on any atom is 0.274 e. The van der Waals surface area contributed by atoms with Crippen molar-refractivity contribution < 1.29 is 4.79 Å². The Hall–Kier alpha value is -2.14. The molecule has 0 bridgehead atoms. The fraction of sp³-hybridized carbons (Fsp3) is 0.312. The van der Waals surface area contributed by atoms with Crippen LogP contribution in [0.15, 0.2) is 30.3 Å². The standard InChI is InChI=1S/C16H17ClN4O/c1-9(2)21-14(17)12-11(8-10-6-4-3-5-7-10)19-16(18)20-13(12)15(21)22/h3-7,9,14H,8H2,1-2H3,(H2,18,19,20). The second-order valence-electron chi connectivity index (χ2n) is 5.60. The molecule has 2 heterocycles. The number of benzene rings is 1. The summed E-state index contributed by atoms with van der Waals surface area (Å²) in [5.41, 5.74) is 8.03. The first-order valence-corrected chi connectivity index (χ1v) is 7.59. The maximum atomic E-state index is 12.5. The zero-order valence-electron chi connectivity index (χ0n) is 12.5. The Morgan fingerprint density at radius 3 is 2.59 bits per heavy atom. The summed E-state index contributed by atoms with van der Waals surface area (Å²) in [6, 6.07) is 9.87. The fourth-order valence-corrected chi connectivity index (χ4v) is 3.28. The van der Waals surface area contributed by atoms with Crippen molar-refractivity contribution in [1.29, 1.82) is 0 Å². The van der Waals surface area contributed by atoms with E-state index in [0.717, 1.165) is 5.56 Å². The molecule has 1 aromatic carbocycles. The van der Waals surface area contributed by atoms with Gasteiger partial charge in [0.15, 0.2) is 0 Å². The molecule has 2 aromatic rings. The van der Waals surface area contributed by atoms with Crippen LogP contribution in [0.5, 0.6) is 0 Å². The first-order chi connectivity index (χ1) is 10.5. The van der Waals surface area contributed by atoms with Crippen LogP contribution in [0.25, 0.3) is 0 Å². The highest BCUT2D eigenvalue weighted by Gasteiger charge is 2.41. The number of hydrogen-bond acceptors (Lipinski definition) is 4. The van der Waals surface area contributed by atoms with Crippen molar-refractivity contribution in [1.82, 2.24) is 14.9 Å². The Bertz CT molecular complexity index is 718. The zero-order chi connectivity index (χ0) is 15.9. The molecule has 0 radical (unpaired) electrons. The largest absolute Gasteiger partial charge is 0.368 e. The van der Waals surface area contributed by atoms with Crippen LogP contribution in [-0.4, -0.2) is 26.8 Å². The van der Waals surface area contributed by atoms with Crippen LogP contribution in [0.2, 0.25) is 0 Å². The molecule has 2 N–H and O–H groups in total. The van der Waals surface area contributed by atoms with Crippen LogP contribution in [0, 0.1) is 0 Å². The lowest BCUT2D eigenvalue weighted by Crippen LogP contribution is -2.32. The van der Waals surface area contributed by atoms with Gasteiger partial charge in [-0.05, 0) is 19.4 Å². The summed E-state index contributed by atoms with van der Waals surface area (Å²) in [4.78, 5) is 22.5. The zero-order valence-corrected chi connectivity index (χ0v) is 13.2. The summed E-state index contributed by atoms with van der Waals surface area (Å²) in [5.74, 6) is -0.0825. The molecule has 5 nitrogen and oxygen atoms in total. The SMILES string of the molecule is CC(C)N1C(=O)c2nc(N)nc(Cc3ccccc3)c2C1Cl. The Kier molecular flexibility index (Phi) is 3.74. The van der Waals surface area contributed by atoms with E-state index in [1.807, 2.05) is 44.2 Å². The van der Waals surface area contributed by atoms with Gasteiger partial charge in [-0.25, -0.2) is 9.97 Å². The van der Waals surface area contributed by atoms with Crippen LogP contribution in [0.1, 0.15) is 46.7 Å². The van der Waals surface area contributed by atoms with E-state index < -0.39 is 5.50 Å². The van der Waals surface area contributed by atoms with Crippen molar-refractivity contribution in [2.24, 2.45) is 0 Å². The third kappa shape index (κ3) is 2.41. The molecule has 3 rings (SSSR count). The summed E-state index contributed by atoms with van der Waals surface area (Å²) in [6.07, 6.45) is 0.568. The number of carbonyl (C=O) groups excluding carboxylic acids is 1. The number of anilines is 1. The summed E-state index contributed by atoms with van der Waals surface area (Å²) in [6.45, 7) is 3.85. The molecule has 1 amide bonds. The van der Waals surface area contributed by atoms with Crippen LogP contribution >= 0.6 is 11.6 Å². The number of nitrogen functional groups attached to an aromatic ring is 1. The summed E-state index contributed by atoms with van der Waals surface area (Å²) in [5, 5.41) is 0. The van der Waals surface area contributed by atoms with Crippen molar-refractivity contribution in [3.63, 3.8) is 0 Å². The van der Waals surface area contributed by atoms with E-state index in [4.69, 9.17) is 17.3 Å². The second-order valence-corrected chi connectivity index (χ2v) is 6.01. The van der Waals surface area contributed by atoms with Crippen molar-refractivity contribution in [3.05, 3.63) is 52.8 Å². The Morgan fingerprint density at radius 1 is 1.27 bits per heavy atom. The highest BCUT2D eigenvalue weighted by atomic mass is 35.5. The Morgan fingerprint density at radius 2 is 1.95 bits per heavy atom. The van der Waals surface area contributed by atoms with Crippen LogP contribution in [0.3, 0.4) is 0 Å². The summed E-state index contributed by atoms with van der Waals surface area (Å²) in [7, 11) is 0. The molecule has 0 saturated heterocycles. The molecule has 0 aliphatic carbocycles. The second kappa shape index (κ2) is 5.57. The van der Waals surface area contributed by atoms with Crippen LogP contribution in [-0.2, 0) is 6.42 Å². The van der Waals surface area contributed by atoms with Crippen molar-refractivity contribution in [2.75, 3.05) is 5.73 Å². The third-order valence-electron chi connectivity index (χ3n) is 3.73. The number of hydrogen-bond donors (Lipinski definition) is 1. The monoisotopic (exact) mass is 316 g/mol. The predicted molar refractivity (Wildman–Crippen MR) is 85.6 cm³/mol. The summed E-state index contributed by atoms with van der Waals surface area (Å²) < 4.78 is 0. The van der Waals surface area contributed by atoms with Gasteiger partial charge in [0.25, 0.3) is 5.91 Å². The van der Waals surface area contributed by atoms with E-state index in [0.29, 0.717) is 23.4 Å². The molecule has 1 aliphatic rings. The molecule has 0 saturated carbocycles. The number of fused-ring (bicyclic) bond motifs is 1. The smallest absolute Gasteiger partial charge is 0.274 e. The Labute approximate surface area is 134 Å². The predicted octanol–water partition coefficient (Wildman–Crippen LogP) is 2.75. The van der Waals surface area contributed by atoms with E-state index in [1.54, 1.807) is 4.90 Å². The van der Waals surface area contributed by atoms with E-state index in [9.17, 15) is 4.79 Å². The number of amides is 1. The van der Waals surface area contributed by atoms with Gasteiger partial charge in [-0.1, -0.05) is 41.9 Å². The number of alkyl halides is 1. The lowest BCUT2D eigenvalue weighted by Gasteiger charge is -2.24. The van der Waals surface area contributed by atoms with E-state index in [2.05, 4.69) is 9.97 Å². The molecule has 0 spiro atoms. The van der Waals surface area contributed by atoms with Crippen LogP contribution in [0.4, 0.5) is 5.95 Å². The third-order valence-corrected chi connectivity index (χ3v) is 4.16. The normalized spacial score (nSPS) is 17.2. The lowest BCUT2D eigenvalue weighted by molar-refractivity contribution is 0.0716. The van der Waals surface area contributed by atoms with Crippen molar-refractivity contribution in [3.8, 4) is 0 Å². The lowest BCUT2D eigenvalue weighted by atomic mass is 10.0. The number of aromatic nitrogens is 2. The number of halogens is 1. The van der Waals surface area contributed by atoms with Crippen molar-refractivity contribution >= 4 is 23.5 Å². The van der Waals surface area contributed by atoms with Gasteiger partial charge in [0.05, 0.1) is 5.69 Å². The molecule has 1 unspecified atom stereocenters. The number of carbonyl (C=O) groups is 1. The molecule has 114 valence electrons. The quantitative estimate of drug-likeness (QED) is 0.698. The summed E-state index contributed by atoms with van der Waals surface area (Å²) >= 11 is 6.51. The van der Waals surface area contributed by atoms with Gasteiger partial charge in [-0.15, -0.1) is 0 Å². The Balaban J connectivity index is 2.08. The maximum absolute atomic E-state index is 12.5. The number of nitrogens with zero attached hydrogens (tertiary/aromatic N) is 3. The van der Waals surface area contributed by atoms with E-state index >= 15 is 0 Å².